The van der Waals surface area contributed by atoms with E-state index >= 15 is 0 Å². The molecule has 1 aromatic carbocycles. The van der Waals surface area contributed by atoms with Crippen LogP contribution in [0, 0.1) is 0 Å². The Morgan fingerprint density at radius 2 is 1.85 bits per heavy atom. The van der Waals surface area contributed by atoms with Crippen molar-refractivity contribution in [3.63, 3.8) is 0 Å². The number of nitrogens with zero attached hydrogens (tertiary/aromatic N) is 1. The van der Waals surface area contributed by atoms with Crippen molar-refractivity contribution in [2.75, 3.05) is 26.3 Å². The Kier molecular flexibility index (Phi) is 5.23. The zero-order valence-electron chi connectivity index (χ0n) is 13.5. The lowest BCUT2D eigenvalue weighted by Gasteiger charge is -2.34. The van der Waals surface area contributed by atoms with Crippen LogP contribution < -0.4 is 21.0 Å². The number of hydrogen-bond donors (Lipinski definition) is 5. The minimum atomic E-state index is -0.920. The first kappa shape index (κ1) is 17.9. The molecule has 1 aromatic heterocycles. The predicted molar refractivity (Wildman–Crippen MR) is 86.5 cm³/mol. The highest BCUT2D eigenvalue weighted by molar-refractivity contribution is 5.51. The molecule has 1 aliphatic heterocycles. The second-order valence-corrected chi connectivity index (χ2v) is 5.58. The first-order valence-corrected chi connectivity index (χ1v) is 7.69. The number of aromatic amines is 2. The molecule has 1 unspecified atom stereocenters. The van der Waals surface area contributed by atoms with Crippen molar-refractivity contribution >= 4 is 0 Å². The smallest absolute Gasteiger partial charge is 0.328 e. The molecule has 5 N–H and O–H groups in total. The summed E-state index contributed by atoms with van der Waals surface area (Å²) in [5.41, 5.74) is -1.58. The first-order valence-electron chi connectivity index (χ1n) is 7.69. The standard InChI is InChI=1S/C15H17N3O8/c19-13-10(14(20)17-15(21)16-13)11(18-4-6-24-7-5-18)8-2-1-3-9(25-22)12(8)26-23/h1-3,11,22-23H,4-7H2,(H3,16,17,19,20,21). The molecule has 0 saturated carbocycles. The van der Waals surface area contributed by atoms with Gasteiger partial charge in [0.05, 0.1) is 24.8 Å². The summed E-state index contributed by atoms with van der Waals surface area (Å²) in [5, 5.41) is 28.5. The van der Waals surface area contributed by atoms with Crippen LogP contribution in [0.2, 0.25) is 0 Å². The van der Waals surface area contributed by atoms with E-state index in [-0.39, 0.29) is 22.6 Å². The average molecular weight is 367 g/mol. The van der Waals surface area contributed by atoms with Crippen molar-refractivity contribution in [3.05, 3.63) is 50.2 Å². The van der Waals surface area contributed by atoms with E-state index in [1.807, 2.05) is 0 Å². The number of ether oxygens (including phenoxy) is 1. The molecule has 1 atom stereocenters. The summed E-state index contributed by atoms with van der Waals surface area (Å²) in [6, 6.07) is 3.45. The van der Waals surface area contributed by atoms with Crippen LogP contribution in [0.5, 0.6) is 17.4 Å². The van der Waals surface area contributed by atoms with Crippen LogP contribution in [-0.2, 0) is 4.74 Å². The molecule has 0 spiro atoms. The predicted octanol–water partition coefficient (Wildman–Crippen LogP) is -0.106. The van der Waals surface area contributed by atoms with Crippen molar-refractivity contribution < 1.29 is 30.1 Å². The summed E-state index contributed by atoms with van der Waals surface area (Å²) in [7, 11) is 0. The van der Waals surface area contributed by atoms with Gasteiger partial charge in [0.15, 0.2) is 0 Å². The number of para-hydroxylation sites is 1. The van der Waals surface area contributed by atoms with Crippen LogP contribution in [0.4, 0.5) is 0 Å². The highest BCUT2D eigenvalue weighted by atomic mass is 17.1. The Morgan fingerprint density at radius 1 is 1.12 bits per heavy atom. The van der Waals surface area contributed by atoms with Gasteiger partial charge in [-0.2, -0.15) is 0 Å². The van der Waals surface area contributed by atoms with E-state index in [1.54, 1.807) is 4.90 Å². The van der Waals surface area contributed by atoms with Crippen LogP contribution >= 0.6 is 0 Å². The van der Waals surface area contributed by atoms with Gasteiger partial charge in [-0.15, -0.1) is 0 Å². The normalized spacial score (nSPS) is 16.2. The highest BCUT2D eigenvalue weighted by Gasteiger charge is 2.33. The summed E-state index contributed by atoms with van der Waals surface area (Å²) < 4.78 is 5.31. The van der Waals surface area contributed by atoms with Crippen LogP contribution in [0.1, 0.15) is 17.2 Å². The van der Waals surface area contributed by atoms with Crippen molar-refractivity contribution in [1.29, 1.82) is 0 Å². The SMILES string of the molecule is O=c1[nH]c(O)c(C(c2cccc(OO)c2OO)N2CCOCC2)c(=O)[nH]1. The fraction of sp³-hybridized carbons (Fsp3) is 0.333. The van der Waals surface area contributed by atoms with Crippen molar-refractivity contribution in [1.82, 2.24) is 14.9 Å². The maximum absolute atomic E-state index is 12.4. The molecule has 0 amide bonds. The molecule has 3 rings (SSSR count). The Morgan fingerprint density at radius 3 is 2.46 bits per heavy atom. The van der Waals surface area contributed by atoms with Crippen molar-refractivity contribution in [2.24, 2.45) is 0 Å². The molecule has 11 nitrogen and oxygen atoms in total. The Labute approximate surface area is 145 Å². The topological polar surface area (TPSA) is 157 Å². The zero-order valence-corrected chi connectivity index (χ0v) is 13.5. The molecule has 1 saturated heterocycles. The van der Waals surface area contributed by atoms with E-state index in [2.05, 4.69) is 19.7 Å². The van der Waals surface area contributed by atoms with E-state index in [0.29, 0.717) is 26.3 Å². The summed E-state index contributed by atoms with van der Waals surface area (Å²) in [4.78, 5) is 38.3. The highest BCUT2D eigenvalue weighted by Crippen LogP contribution is 2.40. The fourth-order valence-corrected chi connectivity index (χ4v) is 3.03. The summed E-state index contributed by atoms with van der Waals surface area (Å²) in [5.74, 6) is -1.05. The molecule has 2 heterocycles. The molecule has 140 valence electrons. The van der Waals surface area contributed by atoms with E-state index in [4.69, 9.17) is 9.99 Å². The molecule has 1 aliphatic rings. The third-order valence-electron chi connectivity index (χ3n) is 4.14. The lowest BCUT2D eigenvalue weighted by Crippen LogP contribution is -2.42. The first-order chi connectivity index (χ1) is 12.6. The Bertz CT molecular complexity index is 887. The lowest BCUT2D eigenvalue weighted by molar-refractivity contribution is -0.165. The summed E-state index contributed by atoms with van der Waals surface area (Å²) in [6.07, 6.45) is 0. The number of aromatic nitrogens is 2. The van der Waals surface area contributed by atoms with E-state index in [0.717, 1.165) is 0 Å². The number of rotatable bonds is 5. The van der Waals surface area contributed by atoms with Gasteiger partial charge in [-0.25, -0.2) is 15.3 Å². The van der Waals surface area contributed by atoms with Crippen LogP contribution in [0.25, 0.3) is 0 Å². The van der Waals surface area contributed by atoms with Crippen molar-refractivity contribution in [3.8, 4) is 17.4 Å². The Hall–Kier alpha value is -2.86. The molecule has 0 radical (unpaired) electrons. The molecular formula is C15H17N3O8. The largest absolute Gasteiger partial charge is 0.494 e. The monoisotopic (exact) mass is 367 g/mol. The second kappa shape index (κ2) is 7.58. The van der Waals surface area contributed by atoms with Crippen molar-refractivity contribution in [2.45, 2.75) is 6.04 Å². The average Bonchev–Trinajstić information content (AvgIpc) is 2.64. The number of aromatic hydroxyl groups is 1. The van der Waals surface area contributed by atoms with Gasteiger partial charge in [0.2, 0.25) is 17.4 Å². The van der Waals surface area contributed by atoms with Crippen LogP contribution in [-0.4, -0.2) is 56.8 Å². The van der Waals surface area contributed by atoms with Gasteiger partial charge in [-0.1, -0.05) is 12.1 Å². The zero-order chi connectivity index (χ0) is 18.7. The maximum Gasteiger partial charge on any atom is 0.328 e. The van der Waals surface area contributed by atoms with Gasteiger partial charge >= 0.3 is 5.69 Å². The van der Waals surface area contributed by atoms with Gasteiger partial charge < -0.3 is 19.6 Å². The minimum Gasteiger partial charge on any atom is -0.494 e. The minimum absolute atomic E-state index is 0.153. The third-order valence-corrected chi connectivity index (χ3v) is 4.14. The molecule has 0 bridgehead atoms. The molecule has 0 aliphatic carbocycles. The molecule has 2 aromatic rings. The van der Waals surface area contributed by atoms with Gasteiger partial charge in [0.1, 0.15) is 0 Å². The fourth-order valence-electron chi connectivity index (χ4n) is 3.03. The van der Waals surface area contributed by atoms with E-state index in [1.165, 1.54) is 18.2 Å². The summed E-state index contributed by atoms with van der Waals surface area (Å²) in [6.45, 7) is 1.56. The van der Waals surface area contributed by atoms with Gasteiger partial charge in [-0.3, -0.25) is 19.7 Å². The number of hydrogen-bond acceptors (Lipinski definition) is 9. The maximum atomic E-state index is 12.4. The van der Waals surface area contributed by atoms with E-state index in [9.17, 15) is 20.0 Å². The number of benzene rings is 1. The van der Waals surface area contributed by atoms with Crippen LogP contribution in [0.3, 0.4) is 0 Å². The third kappa shape index (κ3) is 3.28. The number of H-pyrrole nitrogens is 2. The lowest BCUT2D eigenvalue weighted by atomic mass is 9.96. The van der Waals surface area contributed by atoms with Gasteiger partial charge in [0.25, 0.3) is 5.56 Å². The second-order valence-electron chi connectivity index (χ2n) is 5.58. The van der Waals surface area contributed by atoms with Gasteiger partial charge in [-0.05, 0) is 6.07 Å². The molecule has 26 heavy (non-hydrogen) atoms. The molecule has 1 fully saturated rings. The number of nitrogens with one attached hydrogen (secondary N) is 2. The Balaban J connectivity index is 2.24. The molecule has 11 heteroatoms. The summed E-state index contributed by atoms with van der Waals surface area (Å²) >= 11 is 0. The number of morpholine rings is 1. The van der Waals surface area contributed by atoms with Crippen LogP contribution in [0.15, 0.2) is 27.8 Å². The molecular weight excluding hydrogens is 350 g/mol. The van der Waals surface area contributed by atoms with Gasteiger partial charge in [0, 0.05) is 18.7 Å². The van der Waals surface area contributed by atoms with E-state index < -0.39 is 23.2 Å². The quantitative estimate of drug-likeness (QED) is 0.359.